The third-order valence-corrected chi connectivity index (χ3v) is 6.58. The topological polar surface area (TPSA) is 112 Å². The van der Waals surface area contributed by atoms with Crippen molar-refractivity contribution in [3.63, 3.8) is 0 Å². The molecule has 0 unspecified atom stereocenters. The van der Waals surface area contributed by atoms with Crippen molar-refractivity contribution >= 4 is 22.8 Å². The van der Waals surface area contributed by atoms with Gasteiger partial charge in [0.25, 0.3) is 0 Å². The number of alkyl halides is 3. The summed E-state index contributed by atoms with van der Waals surface area (Å²) in [5.41, 5.74) is 0.357. The second kappa shape index (κ2) is 8.10. The van der Waals surface area contributed by atoms with Crippen molar-refractivity contribution in [1.82, 2.24) is 24.5 Å². The van der Waals surface area contributed by atoms with Crippen molar-refractivity contribution in [3.05, 3.63) is 36.5 Å². The van der Waals surface area contributed by atoms with E-state index in [-0.39, 0.29) is 18.0 Å². The lowest BCUT2D eigenvalue weighted by molar-refractivity contribution is -0.137. The zero-order valence-electron chi connectivity index (χ0n) is 17.8. The summed E-state index contributed by atoms with van der Waals surface area (Å²) in [6, 6.07) is 2.10. The van der Waals surface area contributed by atoms with E-state index in [1.54, 1.807) is 10.9 Å². The van der Waals surface area contributed by atoms with Crippen molar-refractivity contribution in [2.75, 3.05) is 23.3 Å². The first-order valence-electron chi connectivity index (χ1n) is 10.8. The molecule has 4 heterocycles. The molecule has 3 aromatic heterocycles. The predicted molar refractivity (Wildman–Crippen MR) is 114 cm³/mol. The average Bonchev–Trinajstić information content (AvgIpc) is 3.49. The summed E-state index contributed by atoms with van der Waals surface area (Å²) in [5, 5.41) is 23.9. The Morgan fingerprint density at radius 3 is 2.58 bits per heavy atom. The fourth-order valence-corrected chi connectivity index (χ4v) is 4.72. The Bertz CT molecular complexity index is 1140. The first kappa shape index (κ1) is 21.8. The molecule has 0 radical (unpaired) electrons. The maximum absolute atomic E-state index is 12.8. The predicted octanol–water partition coefficient (Wildman–Crippen LogP) is 2.23. The van der Waals surface area contributed by atoms with Crippen LogP contribution < -0.4 is 10.2 Å². The van der Waals surface area contributed by atoms with Gasteiger partial charge in [-0.2, -0.15) is 13.2 Å². The van der Waals surface area contributed by atoms with Crippen LogP contribution in [0.5, 0.6) is 0 Å². The molecule has 2 aliphatic rings. The summed E-state index contributed by atoms with van der Waals surface area (Å²) in [6.07, 6.45) is -0.861. The quantitative estimate of drug-likeness (QED) is 0.540. The minimum atomic E-state index is -4.41. The summed E-state index contributed by atoms with van der Waals surface area (Å²) in [6.45, 7) is 3.09. The molecule has 9 nitrogen and oxygen atoms in total. The highest BCUT2D eigenvalue weighted by Crippen LogP contribution is 2.37. The van der Waals surface area contributed by atoms with E-state index < -0.39 is 23.9 Å². The summed E-state index contributed by atoms with van der Waals surface area (Å²) < 4.78 is 40.1. The van der Waals surface area contributed by atoms with Crippen LogP contribution in [0.3, 0.4) is 0 Å². The number of aromatic nitrogens is 5. The number of nitrogens with one attached hydrogen (secondary N) is 1. The van der Waals surface area contributed by atoms with Gasteiger partial charge in [0.15, 0.2) is 11.5 Å². The molecule has 3 aromatic rings. The van der Waals surface area contributed by atoms with Crippen molar-refractivity contribution in [2.24, 2.45) is 5.92 Å². The Morgan fingerprint density at radius 1 is 1.09 bits per heavy atom. The maximum atomic E-state index is 12.8. The first-order chi connectivity index (χ1) is 15.7. The molecule has 3 N–H and O–H groups in total. The van der Waals surface area contributed by atoms with Crippen LogP contribution >= 0.6 is 0 Å². The van der Waals surface area contributed by atoms with Gasteiger partial charge in [-0.25, -0.2) is 19.9 Å². The van der Waals surface area contributed by atoms with E-state index in [2.05, 4.69) is 25.3 Å². The number of anilines is 2. The molecule has 2 fully saturated rings. The maximum Gasteiger partial charge on any atom is 0.417 e. The number of aliphatic hydroxyl groups is 2. The lowest BCUT2D eigenvalue weighted by Crippen LogP contribution is -2.28. The Morgan fingerprint density at radius 2 is 1.91 bits per heavy atom. The Hall–Kier alpha value is -2.99. The van der Waals surface area contributed by atoms with E-state index in [0.29, 0.717) is 42.3 Å². The van der Waals surface area contributed by atoms with Gasteiger partial charge in [0.2, 0.25) is 0 Å². The van der Waals surface area contributed by atoms with Gasteiger partial charge in [-0.1, -0.05) is 6.92 Å². The largest absolute Gasteiger partial charge is 0.417 e. The Balaban J connectivity index is 1.31. The normalized spacial score (nSPS) is 28.1. The van der Waals surface area contributed by atoms with Crippen LogP contribution in [-0.2, 0) is 6.18 Å². The van der Waals surface area contributed by atoms with Crippen LogP contribution in [0.1, 0.15) is 31.4 Å². The second-order valence-corrected chi connectivity index (χ2v) is 8.79. The zero-order chi connectivity index (χ0) is 23.3. The molecular formula is C21H24F3N7O2. The number of hydrogen-bond acceptors (Lipinski definition) is 8. The standard InChI is InChI=1S/C21H24F3N7O2/c1-11-6-14(18(33)17(11)32)31-10-28-16-19(26-9-27-20(16)31)29-13-4-5-30(8-13)15-3-2-12(7-25-15)21(22,23)24/h2-3,7,9-11,13-14,17-18,32-33H,4-6,8H2,1H3,(H,26,27,29)/t11-,13-,14+,17+,18-/m0/s1. The molecule has 1 aliphatic carbocycles. The SMILES string of the molecule is C[C@H]1C[C@@H](n2cnc3c(N[C@H]4CCN(c5ccc(C(F)(F)F)cn5)C4)ncnc32)[C@H](O)[C@@H]1O. The summed E-state index contributed by atoms with van der Waals surface area (Å²) in [7, 11) is 0. The molecule has 0 aromatic carbocycles. The van der Waals surface area contributed by atoms with E-state index in [0.717, 1.165) is 18.7 Å². The van der Waals surface area contributed by atoms with Crippen LogP contribution in [0.25, 0.3) is 11.2 Å². The van der Waals surface area contributed by atoms with Crippen LogP contribution in [0.15, 0.2) is 31.0 Å². The molecule has 1 saturated carbocycles. The summed E-state index contributed by atoms with van der Waals surface area (Å²) >= 11 is 0. The molecule has 0 amide bonds. The van der Waals surface area contributed by atoms with Gasteiger partial charge in [0.05, 0.1) is 24.0 Å². The fourth-order valence-electron chi connectivity index (χ4n) is 4.72. The highest BCUT2D eigenvalue weighted by atomic mass is 19.4. The number of halogens is 3. The Kier molecular flexibility index (Phi) is 5.36. The highest BCUT2D eigenvalue weighted by molar-refractivity contribution is 5.83. The monoisotopic (exact) mass is 463 g/mol. The van der Waals surface area contributed by atoms with Crippen molar-refractivity contribution < 1.29 is 23.4 Å². The van der Waals surface area contributed by atoms with Gasteiger partial charge in [-0.05, 0) is 30.9 Å². The highest BCUT2D eigenvalue weighted by Gasteiger charge is 2.41. The lowest BCUT2D eigenvalue weighted by atomic mass is 10.1. The zero-order valence-corrected chi connectivity index (χ0v) is 17.8. The lowest BCUT2D eigenvalue weighted by Gasteiger charge is -2.19. The van der Waals surface area contributed by atoms with E-state index >= 15 is 0 Å². The third-order valence-electron chi connectivity index (χ3n) is 6.58. The van der Waals surface area contributed by atoms with Crippen LogP contribution in [-0.4, -0.2) is 66.1 Å². The van der Waals surface area contributed by atoms with Gasteiger partial charge in [-0.3, -0.25) is 0 Å². The second-order valence-electron chi connectivity index (χ2n) is 8.79. The third kappa shape index (κ3) is 3.97. The number of hydrogen-bond donors (Lipinski definition) is 3. The number of pyridine rings is 1. The van der Waals surface area contributed by atoms with Crippen LogP contribution in [0, 0.1) is 5.92 Å². The number of aliphatic hydroxyl groups excluding tert-OH is 2. The minimum Gasteiger partial charge on any atom is -0.390 e. The molecule has 0 spiro atoms. The number of fused-ring (bicyclic) bond motifs is 1. The van der Waals surface area contributed by atoms with Crippen LogP contribution in [0.2, 0.25) is 0 Å². The van der Waals surface area contributed by atoms with E-state index in [1.807, 2.05) is 11.8 Å². The minimum absolute atomic E-state index is 0.00346. The van der Waals surface area contributed by atoms with E-state index in [9.17, 15) is 23.4 Å². The number of nitrogens with zero attached hydrogens (tertiary/aromatic N) is 6. The molecule has 176 valence electrons. The van der Waals surface area contributed by atoms with Gasteiger partial charge in [0, 0.05) is 25.3 Å². The molecule has 1 aliphatic heterocycles. The first-order valence-corrected chi connectivity index (χ1v) is 10.8. The molecular weight excluding hydrogens is 439 g/mol. The van der Waals surface area contributed by atoms with Crippen molar-refractivity contribution in [1.29, 1.82) is 0 Å². The van der Waals surface area contributed by atoms with Crippen molar-refractivity contribution in [2.45, 2.75) is 50.2 Å². The average molecular weight is 463 g/mol. The fraction of sp³-hybridized carbons (Fsp3) is 0.524. The molecule has 5 atom stereocenters. The van der Waals surface area contributed by atoms with Gasteiger partial charge >= 0.3 is 6.18 Å². The number of rotatable bonds is 4. The van der Waals surface area contributed by atoms with E-state index in [4.69, 9.17) is 0 Å². The van der Waals surface area contributed by atoms with Crippen molar-refractivity contribution in [3.8, 4) is 0 Å². The number of imidazole rings is 1. The van der Waals surface area contributed by atoms with Gasteiger partial charge in [0.1, 0.15) is 23.8 Å². The smallest absolute Gasteiger partial charge is 0.390 e. The molecule has 0 bridgehead atoms. The molecule has 33 heavy (non-hydrogen) atoms. The van der Waals surface area contributed by atoms with E-state index in [1.165, 1.54) is 12.4 Å². The Labute approximate surface area is 187 Å². The van der Waals surface area contributed by atoms with Gasteiger partial charge < -0.3 is 25.0 Å². The van der Waals surface area contributed by atoms with Crippen LogP contribution in [0.4, 0.5) is 24.8 Å². The van der Waals surface area contributed by atoms with Gasteiger partial charge in [-0.15, -0.1) is 0 Å². The molecule has 5 rings (SSSR count). The summed E-state index contributed by atoms with van der Waals surface area (Å²) in [4.78, 5) is 19.0. The molecule has 12 heteroatoms. The summed E-state index contributed by atoms with van der Waals surface area (Å²) in [5.74, 6) is 1.00. The molecule has 1 saturated heterocycles.